The van der Waals surface area contributed by atoms with Crippen LogP contribution in [-0.4, -0.2) is 42.0 Å². The van der Waals surface area contributed by atoms with Gasteiger partial charge in [0, 0.05) is 26.0 Å². The Morgan fingerprint density at radius 3 is 2.93 bits per heavy atom. The standard InChI is InChI=1S/C20H21N5O2/c1-24-10-8-22-19(24)17-12-21-11-16(23-17)18-7-4-9-25(18)13-14-5-2-3-6-15(14)20(26)27/h2-3,5-6,8,10-12,18H,4,7,9,13H2,1H3,(H,26,27)/t18-/m0/s1. The number of nitrogens with zero attached hydrogens (tertiary/aromatic N) is 5. The summed E-state index contributed by atoms with van der Waals surface area (Å²) in [7, 11) is 1.93. The van der Waals surface area contributed by atoms with E-state index in [0.29, 0.717) is 12.1 Å². The fourth-order valence-electron chi connectivity index (χ4n) is 3.70. The van der Waals surface area contributed by atoms with Crippen molar-refractivity contribution in [1.29, 1.82) is 0 Å². The molecule has 0 amide bonds. The van der Waals surface area contributed by atoms with Gasteiger partial charge in [0.15, 0.2) is 5.82 Å². The molecule has 7 nitrogen and oxygen atoms in total. The van der Waals surface area contributed by atoms with Gasteiger partial charge in [-0.05, 0) is 31.0 Å². The van der Waals surface area contributed by atoms with Crippen LogP contribution in [-0.2, 0) is 13.6 Å². The van der Waals surface area contributed by atoms with Crippen molar-refractivity contribution in [2.75, 3.05) is 6.54 Å². The molecule has 1 N–H and O–H groups in total. The Morgan fingerprint density at radius 1 is 1.30 bits per heavy atom. The molecular weight excluding hydrogens is 342 g/mol. The normalized spacial score (nSPS) is 17.3. The van der Waals surface area contributed by atoms with Crippen LogP contribution < -0.4 is 0 Å². The Kier molecular flexibility index (Phi) is 4.68. The fraction of sp³-hybridized carbons (Fsp3) is 0.300. The van der Waals surface area contributed by atoms with Gasteiger partial charge in [-0.3, -0.25) is 9.88 Å². The quantitative estimate of drug-likeness (QED) is 0.750. The van der Waals surface area contributed by atoms with Gasteiger partial charge >= 0.3 is 5.97 Å². The number of carbonyl (C=O) groups is 1. The van der Waals surface area contributed by atoms with E-state index in [-0.39, 0.29) is 6.04 Å². The maximum absolute atomic E-state index is 11.5. The highest BCUT2D eigenvalue weighted by Crippen LogP contribution is 2.33. The van der Waals surface area contributed by atoms with E-state index in [2.05, 4.69) is 14.9 Å². The number of aromatic nitrogens is 4. The van der Waals surface area contributed by atoms with Gasteiger partial charge in [-0.25, -0.2) is 14.8 Å². The predicted octanol–water partition coefficient (Wildman–Crippen LogP) is 2.91. The minimum Gasteiger partial charge on any atom is -0.478 e. The van der Waals surface area contributed by atoms with Crippen molar-refractivity contribution < 1.29 is 9.90 Å². The average molecular weight is 363 g/mol. The van der Waals surface area contributed by atoms with E-state index in [1.54, 1.807) is 30.7 Å². The van der Waals surface area contributed by atoms with E-state index >= 15 is 0 Å². The first-order chi connectivity index (χ1) is 13.1. The number of benzene rings is 1. The van der Waals surface area contributed by atoms with Crippen LogP contribution in [0.15, 0.2) is 49.1 Å². The number of hydrogen-bond donors (Lipinski definition) is 1. The third-order valence-electron chi connectivity index (χ3n) is 5.03. The van der Waals surface area contributed by atoms with E-state index in [0.717, 1.165) is 42.2 Å². The lowest BCUT2D eigenvalue weighted by atomic mass is 10.1. The first kappa shape index (κ1) is 17.4. The first-order valence-corrected chi connectivity index (χ1v) is 8.98. The van der Waals surface area contributed by atoms with E-state index in [9.17, 15) is 9.90 Å². The minimum absolute atomic E-state index is 0.125. The molecule has 1 aromatic carbocycles. The minimum atomic E-state index is -0.891. The summed E-state index contributed by atoms with van der Waals surface area (Å²) < 4.78 is 1.92. The molecule has 1 fully saturated rings. The smallest absolute Gasteiger partial charge is 0.336 e. The van der Waals surface area contributed by atoms with Crippen LogP contribution in [0.2, 0.25) is 0 Å². The van der Waals surface area contributed by atoms with E-state index in [1.165, 1.54) is 0 Å². The topological polar surface area (TPSA) is 84.1 Å². The molecule has 1 atom stereocenters. The highest BCUT2D eigenvalue weighted by Gasteiger charge is 2.28. The van der Waals surface area contributed by atoms with Crippen molar-refractivity contribution in [3.63, 3.8) is 0 Å². The molecule has 0 unspecified atom stereocenters. The number of aryl methyl sites for hydroxylation is 1. The van der Waals surface area contributed by atoms with Crippen LogP contribution in [0, 0.1) is 0 Å². The molecule has 0 spiro atoms. The monoisotopic (exact) mass is 363 g/mol. The molecule has 138 valence electrons. The SMILES string of the molecule is Cn1ccnc1-c1cncc([C@@H]2CCCN2Cc2ccccc2C(=O)O)n1. The molecule has 3 aromatic rings. The average Bonchev–Trinajstić information content (AvgIpc) is 3.31. The van der Waals surface area contributed by atoms with Crippen LogP contribution in [0.3, 0.4) is 0 Å². The van der Waals surface area contributed by atoms with E-state index in [4.69, 9.17) is 4.98 Å². The third kappa shape index (κ3) is 3.46. The molecular formula is C20H21N5O2. The van der Waals surface area contributed by atoms with Crippen molar-refractivity contribution in [2.45, 2.75) is 25.4 Å². The van der Waals surface area contributed by atoms with Gasteiger partial charge in [-0.1, -0.05) is 18.2 Å². The highest BCUT2D eigenvalue weighted by molar-refractivity contribution is 5.89. The van der Waals surface area contributed by atoms with Gasteiger partial charge in [0.1, 0.15) is 5.69 Å². The summed E-state index contributed by atoms with van der Waals surface area (Å²) in [5, 5.41) is 9.44. The molecule has 0 bridgehead atoms. The predicted molar refractivity (Wildman–Crippen MR) is 100 cm³/mol. The first-order valence-electron chi connectivity index (χ1n) is 8.98. The molecule has 0 radical (unpaired) electrons. The van der Waals surface area contributed by atoms with Gasteiger partial charge in [0.25, 0.3) is 0 Å². The number of aromatic carboxylic acids is 1. The van der Waals surface area contributed by atoms with Gasteiger partial charge in [0.2, 0.25) is 0 Å². The maximum Gasteiger partial charge on any atom is 0.336 e. The highest BCUT2D eigenvalue weighted by atomic mass is 16.4. The number of likely N-dealkylation sites (tertiary alicyclic amines) is 1. The zero-order chi connectivity index (χ0) is 18.8. The number of imidazole rings is 1. The van der Waals surface area contributed by atoms with Gasteiger partial charge in [0.05, 0.1) is 29.7 Å². The molecule has 3 heterocycles. The number of rotatable bonds is 5. The summed E-state index contributed by atoms with van der Waals surface area (Å²) >= 11 is 0. The van der Waals surface area contributed by atoms with Crippen molar-refractivity contribution >= 4 is 5.97 Å². The molecule has 27 heavy (non-hydrogen) atoms. The molecule has 1 aliphatic heterocycles. The lowest BCUT2D eigenvalue weighted by Gasteiger charge is -2.24. The lowest BCUT2D eigenvalue weighted by molar-refractivity contribution is 0.0694. The molecule has 2 aromatic heterocycles. The van der Waals surface area contributed by atoms with Crippen LogP contribution in [0.5, 0.6) is 0 Å². The Labute approximate surface area is 157 Å². The molecule has 0 aliphatic carbocycles. The van der Waals surface area contributed by atoms with Crippen LogP contribution >= 0.6 is 0 Å². The zero-order valence-electron chi connectivity index (χ0n) is 15.1. The third-order valence-corrected chi connectivity index (χ3v) is 5.03. The van der Waals surface area contributed by atoms with Crippen LogP contribution in [0.4, 0.5) is 0 Å². The second-order valence-corrected chi connectivity index (χ2v) is 6.78. The van der Waals surface area contributed by atoms with E-state index in [1.807, 2.05) is 29.9 Å². The lowest BCUT2D eigenvalue weighted by Crippen LogP contribution is -2.24. The Morgan fingerprint density at radius 2 is 2.15 bits per heavy atom. The molecule has 7 heteroatoms. The Bertz CT molecular complexity index is 968. The van der Waals surface area contributed by atoms with Crippen molar-refractivity contribution in [1.82, 2.24) is 24.4 Å². The number of carboxylic acids is 1. The summed E-state index contributed by atoms with van der Waals surface area (Å²) in [4.78, 5) is 27.3. The summed E-state index contributed by atoms with van der Waals surface area (Å²) in [6, 6.07) is 7.31. The number of hydrogen-bond acceptors (Lipinski definition) is 5. The summed E-state index contributed by atoms with van der Waals surface area (Å²) in [5.41, 5.74) is 2.83. The van der Waals surface area contributed by atoms with Gasteiger partial charge < -0.3 is 9.67 Å². The van der Waals surface area contributed by atoms with E-state index < -0.39 is 5.97 Å². The van der Waals surface area contributed by atoms with Crippen LogP contribution in [0.1, 0.15) is 40.5 Å². The Balaban J connectivity index is 1.61. The van der Waals surface area contributed by atoms with Crippen molar-refractivity contribution in [3.05, 3.63) is 65.9 Å². The molecule has 1 saturated heterocycles. The zero-order valence-corrected chi connectivity index (χ0v) is 15.1. The van der Waals surface area contributed by atoms with Crippen molar-refractivity contribution in [3.8, 4) is 11.5 Å². The largest absolute Gasteiger partial charge is 0.478 e. The molecule has 1 aliphatic rings. The number of carboxylic acid groups (broad SMARTS) is 1. The molecule has 0 saturated carbocycles. The second kappa shape index (κ2) is 7.28. The molecule has 4 rings (SSSR count). The second-order valence-electron chi connectivity index (χ2n) is 6.78. The van der Waals surface area contributed by atoms with Gasteiger partial charge in [-0.15, -0.1) is 0 Å². The van der Waals surface area contributed by atoms with Crippen molar-refractivity contribution in [2.24, 2.45) is 7.05 Å². The summed E-state index contributed by atoms with van der Waals surface area (Å²) in [6.07, 6.45) is 9.19. The Hall–Kier alpha value is -3.06. The maximum atomic E-state index is 11.5. The van der Waals surface area contributed by atoms with Crippen LogP contribution in [0.25, 0.3) is 11.5 Å². The summed E-state index contributed by atoms with van der Waals surface area (Å²) in [6.45, 7) is 1.49. The summed E-state index contributed by atoms with van der Waals surface area (Å²) in [5.74, 6) is -0.108. The van der Waals surface area contributed by atoms with Gasteiger partial charge in [-0.2, -0.15) is 0 Å². The fourth-order valence-corrected chi connectivity index (χ4v) is 3.70.